The summed E-state index contributed by atoms with van der Waals surface area (Å²) >= 11 is 1.40. The standard InChI is InChI=1S/C11H11NOS.C7H14.C5H8.C2H6/c1-3-8-4-5-9-10(6-8)14-12-11(9)7(2)13;1-2-4-7-5-3-6-7;1-3-5-4-2;1-2/h4-6H,3H2,1-2H3;7H,2-6H2,1H3;3H2,1-2H3;1-2H3. The Kier molecular flexibility index (Phi) is 15.3. The third-order valence-corrected chi connectivity index (χ3v) is 5.36. The molecule has 1 aliphatic rings. The van der Waals surface area contributed by atoms with E-state index < -0.39 is 0 Å². The van der Waals surface area contributed by atoms with Gasteiger partial charge in [0.25, 0.3) is 0 Å². The van der Waals surface area contributed by atoms with E-state index in [1.54, 1.807) is 6.92 Å². The Bertz CT molecular complexity index is 732. The molecule has 3 heteroatoms. The van der Waals surface area contributed by atoms with E-state index >= 15 is 0 Å². The molecule has 1 saturated carbocycles. The second kappa shape index (κ2) is 16.3. The monoisotopic (exact) mass is 401 g/mol. The van der Waals surface area contributed by atoms with Crippen LogP contribution in [0.3, 0.4) is 0 Å². The molecule has 0 saturated heterocycles. The van der Waals surface area contributed by atoms with Crippen LogP contribution >= 0.6 is 11.5 Å². The highest BCUT2D eigenvalue weighted by Gasteiger charge is 2.14. The van der Waals surface area contributed by atoms with E-state index in [1.807, 2.05) is 33.8 Å². The number of carbonyl (C=O) groups excluding carboxylic acids is 1. The number of benzene rings is 1. The molecule has 0 spiro atoms. The highest BCUT2D eigenvalue weighted by molar-refractivity contribution is 7.13. The average molecular weight is 402 g/mol. The van der Waals surface area contributed by atoms with Crippen LogP contribution < -0.4 is 0 Å². The van der Waals surface area contributed by atoms with Gasteiger partial charge in [0, 0.05) is 18.7 Å². The molecule has 1 aliphatic carbocycles. The summed E-state index contributed by atoms with van der Waals surface area (Å²) in [5.74, 6) is 6.80. The summed E-state index contributed by atoms with van der Waals surface area (Å²) in [4.78, 5) is 11.2. The molecule has 3 rings (SSSR count). The number of nitrogens with zero attached hydrogens (tertiary/aromatic N) is 1. The zero-order valence-electron chi connectivity index (χ0n) is 19.0. The van der Waals surface area contributed by atoms with Gasteiger partial charge in [-0.3, -0.25) is 4.79 Å². The molecule has 0 aliphatic heterocycles. The molecule has 2 nitrogen and oxygen atoms in total. The fourth-order valence-corrected chi connectivity index (χ4v) is 3.71. The van der Waals surface area contributed by atoms with Crippen molar-refractivity contribution in [2.75, 3.05) is 0 Å². The SMILES string of the molecule is CC.CC#CCC.CCCC1CCC1.CCc1ccc2c(C(C)=O)nsc2c1. The van der Waals surface area contributed by atoms with Gasteiger partial charge in [0.2, 0.25) is 0 Å². The maximum atomic E-state index is 11.2. The maximum Gasteiger partial charge on any atom is 0.179 e. The highest BCUT2D eigenvalue weighted by Crippen LogP contribution is 2.29. The van der Waals surface area contributed by atoms with E-state index in [1.165, 1.54) is 49.2 Å². The fraction of sp³-hybridized carbons (Fsp3) is 0.600. The van der Waals surface area contributed by atoms with E-state index in [0.29, 0.717) is 5.69 Å². The number of aromatic nitrogens is 1. The normalized spacial score (nSPS) is 12.0. The molecule has 0 bridgehead atoms. The average Bonchev–Trinajstić information content (AvgIpc) is 3.11. The summed E-state index contributed by atoms with van der Waals surface area (Å²) in [6, 6.07) is 6.16. The van der Waals surface area contributed by atoms with Gasteiger partial charge in [0.1, 0.15) is 5.69 Å². The third-order valence-electron chi connectivity index (χ3n) is 4.55. The lowest BCUT2D eigenvalue weighted by molar-refractivity contribution is 0.101. The smallest absolute Gasteiger partial charge is 0.179 e. The number of hydrogen-bond donors (Lipinski definition) is 0. The predicted molar refractivity (Wildman–Crippen MR) is 126 cm³/mol. The molecule has 0 radical (unpaired) electrons. The quantitative estimate of drug-likeness (QED) is 0.382. The van der Waals surface area contributed by atoms with Gasteiger partial charge in [-0.25, -0.2) is 0 Å². The van der Waals surface area contributed by atoms with E-state index in [-0.39, 0.29) is 5.78 Å². The number of rotatable bonds is 4. The van der Waals surface area contributed by atoms with E-state index in [4.69, 9.17) is 0 Å². The Morgan fingerprint density at radius 2 is 1.89 bits per heavy atom. The molecular formula is C25H39NOS. The Labute approximate surface area is 177 Å². The summed E-state index contributed by atoms with van der Waals surface area (Å²) < 4.78 is 5.27. The van der Waals surface area contributed by atoms with E-state index in [9.17, 15) is 4.79 Å². The molecule has 1 heterocycles. The first-order valence-electron chi connectivity index (χ1n) is 10.9. The Balaban J connectivity index is 0.000000437. The van der Waals surface area contributed by atoms with Crippen LogP contribution in [0.5, 0.6) is 0 Å². The predicted octanol–water partition coefficient (Wildman–Crippen LogP) is 8.09. The molecular weight excluding hydrogens is 362 g/mol. The molecule has 1 aromatic heterocycles. The second-order valence-electron chi connectivity index (χ2n) is 6.64. The van der Waals surface area contributed by atoms with Gasteiger partial charge in [-0.15, -0.1) is 11.8 Å². The maximum absolute atomic E-state index is 11.2. The van der Waals surface area contributed by atoms with Gasteiger partial charge in [0.05, 0.1) is 4.70 Å². The summed E-state index contributed by atoms with van der Waals surface area (Å²) in [5.41, 5.74) is 1.89. The third kappa shape index (κ3) is 9.51. The second-order valence-corrected chi connectivity index (χ2v) is 7.44. The Hall–Kier alpha value is -1.66. The number of aryl methyl sites for hydroxylation is 1. The largest absolute Gasteiger partial charge is 0.293 e. The molecule has 0 atom stereocenters. The zero-order valence-corrected chi connectivity index (χ0v) is 19.8. The van der Waals surface area contributed by atoms with Crippen LogP contribution in [0.15, 0.2) is 18.2 Å². The minimum atomic E-state index is 0.0421. The number of fused-ring (bicyclic) bond motifs is 1. The van der Waals surface area contributed by atoms with Crippen LogP contribution in [-0.4, -0.2) is 10.2 Å². The molecule has 2 aromatic rings. The summed E-state index contributed by atoms with van der Waals surface area (Å²) in [6.07, 6.45) is 9.43. The molecule has 0 amide bonds. The van der Waals surface area contributed by atoms with Crippen molar-refractivity contribution in [3.8, 4) is 11.8 Å². The first-order chi connectivity index (χ1) is 13.6. The van der Waals surface area contributed by atoms with Crippen LogP contribution in [0, 0.1) is 17.8 Å². The summed E-state index contributed by atoms with van der Waals surface area (Å²) in [6.45, 7) is 13.8. The van der Waals surface area contributed by atoms with Crippen LogP contribution in [0.1, 0.15) is 103 Å². The van der Waals surface area contributed by atoms with Gasteiger partial charge in [-0.2, -0.15) is 4.37 Å². The number of Topliss-reactive ketones (excluding diaryl/α,β-unsaturated/α-hetero) is 1. The van der Waals surface area contributed by atoms with Crippen molar-refractivity contribution in [1.29, 1.82) is 0 Å². The topological polar surface area (TPSA) is 30.0 Å². The first kappa shape index (κ1) is 26.3. The molecule has 0 unspecified atom stereocenters. The lowest BCUT2D eigenvalue weighted by atomic mass is 9.82. The van der Waals surface area contributed by atoms with Crippen LogP contribution in [0.25, 0.3) is 10.1 Å². The Morgan fingerprint density at radius 3 is 2.25 bits per heavy atom. The minimum absolute atomic E-state index is 0.0421. The van der Waals surface area contributed by atoms with Crippen molar-refractivity contribution in [3.63, 3.8) is 0 Å². The number of hydrogen-bond acceptors (Lipinski definition) is 3. The fourth-order valence-electron chi connectivity index (χ4n) is 2.82. The van der Waals surface area contributed by atoms with Crippen molar-refractivity contribution in [2.24, 2.45) is 5.92 Å². The molecule has 0 N–H and O–H groups in total. The van der Waals surface area contributed by atoms with Crippen LogP contribution in [0.2, 0.25) is 0 Å². The van der Waals surface area contributed by atoms with E-state index in [2.05, 4.69) is 42.2 Å². The van der Waals surface area contributed by atoms with Crippen molar-refractivity contribution in [3.05, 3.63) is 29.5 Å². The Morgan fingerprint density at radius 1 is 1.21 bits per heavy atom. The number of carbonyl (C=O) groups is 1. The highest BCUT2D eigenvalue weighted by atomic mass is 32.1. The van der Waals surface area contributed by atoms with Gasteiger partial charge < -0.3 is 0 Å². The van der Waals surface area contributed by atoms with Gasteiger partial charge in [0.15, 0.2) is 5.78 Å². The number of ketones is 1. The van der Waals surface area contributed by atoms with Crippen LogP contribution in [-0.2, 0) is 6.42 Å². The molecule has 28 heavy (non-hydrogen) atoms. The van der Waals surface area contributed by atoms with Gasteiger partial charge >= 0.3 is 0 Å². The van der Waals surface area contributed by atoms with Crippen molar-refractivity contribution in [2.45, 2.75) is 93.4 Å². The summed E-state index contributed by atoms with van der Waals surface area (Å²) in [5, 5.41) is 0.986. The lowest BCUT2D eigenvalue weighted by Gasteiger charge is -2.24. The van der Waals surface area contributed by atoms with Crippen molar-refractivity contribution >= 4 is 27.4 Å². The molecule has 156 valence electrons. The first-order valence-corrected chi connectivity index (χ1v) is 11.6. The zero-order chi connectivity index (χ0) is 21.4. The van der Waals surface area contributed by atoms with Crippen LogP contribution in [0.4, 0.5) is 0 Å². The van der Waals surface area contributed by atoms with Gasteiger partial charge in [-0.1, -0.05) is 78.9 Å². The van der Waals surface area contributed by atoms with Crippen molar-refractivity contribution < 1.29 is 4.79 Å². The van der Waals surface area contributed by atoms with Crippen molar-refractivity contribution in [1.82, 2.24) is 4.37 Å². The van der Waals surface area contributed by atoms with Gasteiger partial charge in [-0.05, 0) is 42.4 Å². The molecule has 1 aromatic carbocycles. The summed E-state index contributed by atoms with van der Waals surface area (Å²) in [7, 11) is 0. The molecule has 1 fully saturated rings. The minimum Gasteiger partial charge on any atom is -0.293 e. The van der Waals surface area contributed by atoms with E-state index in [0.717, 1.165) is 28.8 Å². The lowest BCUT2D eigenvalue weighted by Crippen LogP contribution is -2.09.